The molecule has 0 aliphatic heterocycles. The van der Waals surface area contributed by atoms with Crippen LogP contribution in [0.1, 0.15) is 0 Å². The molecule has 0 fully saturated rings. The number of hydrogen-bond donors (Lipinski definition) is 0. The lowest BCUT2D eigenvalue weighted by Crippen LogP contribution is -2.09. The van der Waals surface area contributed by atoms with E-state index in [0.29, 0.717) is 13.3 Å². The Bertz CT molecular complexity index is 147. The van der Waals surface area contributed by atoms with Crippen LogP contribution in [0.15, 0.2) is 0 Å². The molecule has 0 aliphatic carbocycles. The summed E-state index contributed by atoms with van der Waals surface area (Å²) >= 11 is 0. The van der Waals surface area contributed by atoms with Gasteiger partial charge in [-0.05, 0) is 13.3 Å². The van der Waals surface area contributed by atoms with E-state index in [4.69, 9.17) is 0 Å². The van der Waals surface area contributed by atoms with Crippen LogP contribution in [0.2, 0.25) is 0 Å². The van der Waals surface area contributed by atoms with Crippen LogP contribution in [-0.4, -0.2) is 25.2 Å². The first-order chi connectivity index (χ1) is 5.55. The fourth-order valence-electron chi connectivity index (χ4n) is 0.276. The van der Waals surface area contributed by atoms with Crippen molar-refractivity contribution in [3.63, 3.8) is 0 Å². The van der Waals surface area contributed by atoms with Crippen LogP contribution in [0.25, 0.3) is 0 Å². The predicted octanol–water partition coefficient (Wildman–Crippen LogP) is 4.10. The highest BCUT2D eigenvalue weighted by Gasteiger charge is 2.45. The molecule has 0 radical (unpaired) electrons. The topological polar surface area (TPSA) is 9.23 Å². The largest absolute Gasteiger partial charge is 0.430 e. The predicted molar refractivity (Wildman–Crippen MR) is 38.9 cm³/mol. The Labute approximate surface area is 73.1 Å². The summed E-state index contributed by atoms with van der Waals surface area (Å²) in [6, 6.07) is 0. The normalized spacial score (nSPS) is 18.5. The molecular weight excluding hydrogens is 240 g/mol. The van der Waals surface area contributed by atoms with Crippen LogP contribution in [0, 0.1) is 0 Å². The van der Waals surface area contributed by atoms with Crippen LogP contribution in [0.4, 0.5) is 26.3 Å². The lowest BCUT2D eigenvalue weighted by Gasteiger charge is -2.21. The summed E-state index contributed by atoms with van der Waals surface area (Å²) in [7, 11) is -6.03. The summed E-state index contributed by atoms with van der Waals surface area (Å²) in [6.07, 6.45) is 0. The van der Waals surface area contributed by atoms with Crippen LogP contribution in [0.5, 0.6) is 0 Å². The molecule has 13 heavy (non-hydrogen) atoms. The summed E-state index contributed by atoms with van der Waals surface area (Å²) in [6.45, 7) is 1.22. The van der Waals surface area contributed by atoms with Gasteiger partial charge in [0.2, 0.25) is 0 Å². The number of hydrogen-bond acceptors (Lipinski definition) is 1. The maximum Gasteiger partial charge on any atom is 0.430 e. The molecule has 80 valence electrons. The van der Waals surface area contributed by atoms with Gasteiger partial charge in [0.1, 0.15) is 16.3 Å². The second-order valence-corrected chi connectivity index (χ2v) is 5.67. The second-order valence-electron chi connectivity index (χ2n) is 2.01. The van der Waals surface area contributed by atoms with Crippen LogP contribution in [0.3, 0.4) is 0 Å². The van der Waals surface area contributed by atoms with Crippen molar-refractivity contribution in [3.05, 3.63) is 0 Å². The summed E-state index contributed by atoms with van der Waals surface area (Å²) in [5.41, 5.74) is 0. The van der Waals surface area contributed by atoms with Crippen molar-refractivity contribution in [3.8, 4) is 0 Å². The fourth-order valence-corrected chi connectivity index (χ4v) is 2.49. The maximum absolute atomic E-state index is 11.7. The van der Waals surface area contributed by atoms with E-state index in [2.05, 4.69) is 4.31 Å². The molecule has 0 aromatic heterocycles. The number of halogens is 6. The van der Waals surface area contributed by atoms with Crippen molar-refractivity contribution in [2.75, 3.05) is 13.3 Å². The summed E-state index contributed by atoms with van der Waals surface area (Å²) in [5.74, 6) is -9.37. The van der Waals surface area contributed by atoms with Gasteiger partial charge >= 0.3 is 11.8 Å². The van der Waals surface area contributed by atoms with E-state index in [1.54, 1.807) is 0 Å². The molecular formula is C4H6F6OP2. The second kappa shape index (κ2) is 4.28. The van der Waals surface area contributed by atoms with Crippen molar-refractivity contribution < 1.29 is 30.7 Å². The minimum Gasteiger partial charge on any atom is -0.319 e. The van der Waals surface area contributed by atoms with Crippen molar-refractivity contribution in [1.82, 2.24) is 0 Å². The fraction of sp³-hybridized carbons (Fsp3) is 1.00. The van der Waals surface area contributed by atoms with Gasteiger partial charge in [0.15, 0.2) is 0 Å². The molecule has 2 atom stereocenters. The smallest absolute Gasteiger partial charge is 0.319 e. The Hall–Kier alpha value is 0.400. The number of alkyl halides is 6. The monoisotopic (exact) mass is 246 g/mol. The lowest BCUT2D eigenvalue weighted by molar-refractivity contribution is -0.0526. The standard InChI is InChI=1S/C4H6F6OP2/c1-12(3(5,6)7)11-13(2)4(8,9)10/h1-2H3. The SMILES string of the molecule is CP(OP(C)C(F)(F)F)C(F)(F)F. The molecule has 0 saturated carbocycles. The van der Waals surface area contributed by atoms with Gasteiger partial charge in [-0.1, -0.05) is 0 Å². The minimum absolute atomic E-state index is 0.611. The molecule has 0 aromatic carbocycles. The van der Waals surface area contributed by atoms with Crippen LogP contribution < -0.4 is 0 Å². The van der Waals surface area contributed by atoms with E-state index >= 15 is 0 Å². The highest BCUT2D eigenvalue weighted by molar-refractivity contribution is 7.66. The van der Waals surface area contributed by atoms with Gasteiger partial charge in [-0.2, -0.15) is 26.3 Å². The van der Waals surface area contributed by atoms with Crippen LogP contribution in [-0.2, 0) is 4.31 Å². The zero-order valence-corrected chi connectivity index (χ0v) is 8.36. The molecule has 0 rings (SSSR count). The van der Waals surface area contributed by atoms with Crippen molar-refractivity contribution in [1.29, 1.82) is 0 Å². The minimum atomic E-state index is -4.68. The van der Waals surface area contributed by atoms with E-state index in [9.17, 15) is 26.3 Å². The first-order valence-corrected chi connectivity index (χ1v) is 6.25. The quantitative estimate of drug-likeness (QED) is 0.526. The molecule has 1 nitrogen and oxygen atoms in total. The molecule has 0 bridgehead atoms. The first kappa shape index (κ1) is 13.4. The Morgan fingerprint density at radius 1 is 0.769 bits per heavy atom. The van der Waals surface area contributed by atoms with Gasteiger partial charge in [0, 0.05) is 0 Å². The van der Waals surface area contributed by atoms with Crippen LogP contribution >= 0.6 is 16.3 Å². The average Bonchev–Trinajstić information content (AvgIpc) is 1.82. The van der Waals surface area contributed by atoms with Gasteiger partial charge in [-0.25, -0.2) is 0 Å². The number of rotatable bonds is 2. The Balaban J connectivity index is 4.15. The molecule has 9 heteroatoms. The van der Waals surface area contributed by atoms with Gasteiger partial charge in [-0.3, -0.25) is 0 Å². The first-order valence-electron chi connectivity index (χ1n) is 2.84. The maximum atomic E-state index is 11.7. The highest BCUT2D eigenvalue weighted by atomic mass is 31.2. The Morgan fingerprint density at radius 3 is 1.15 bits per heavy atom. The molecule has 0 saturated heterocycles. The lowest BCUT2D eigenvalue weighted by atomic mass is 11.5. The van der Waals surface area contributed by atoms with Crippen molar-refractivity contribution in [2.45, 2.75) is 11.8 Å². The summed E-state index contributed by atoms with van der Waals surface area (Å²) in [4.78, 5) is 0. The van der Waals surface area contributed by atoms with Crippen molar-refractivity contribution >= 4 is 16.3 Å². The summed E-state index contributed by atoms with van der Waals surface area (Å²) < 4.78 is 74.3. The van der Waals surface area contributed by atoms with Gasteiger partial charge in [0.25, 0.3) is 0 Å². The third-order valence-electron chi connectivity index (χ3n) is 0.959. The molecule has 0 aliphatic rings. The van der Waals surface area contributed by atoms with E-state index in [-0.39, 0.29) is 0 Å². The molecule has 0 aromatic rings. The van der Waals surface area contributed by atoms with E-state index in [0.717, 1.165) is 0 Å². The van der Waals surface area contributed by atoms with E-state index in [1.165, 1.54) is 0 Å². The van der Waals surface area contributed by atoms with Gasteiger partial charge in [0.05, 0.1) is 0 Å². The third kappa shape index (κ3) is 4.99. The highest BCUT2D eigenvalue weighted by Crippen LogP contribution is 2.64. The average molecular weight is 246 g/mol. The molecule has 2 unspecified atom stereocenters. The Kier molecular flexibility index (Phi) is 4.41. The van der Waals surface area contributed by atoms with Gasteiger partial charge in [-0.15, -0.1) is 0 Å². The summed E-state index contributed by atoms with van der Waals surface area (Å²) in [5, 5.41) is 0. The molecule has 0 spiro atoms. The molecule has 0 heterocycles. The third-order valence-corrected chi connectivity index (χ3v) is 4.35. The van der Waals surface area contributed by atoms with E-state index in [1.807, 2.05) is 0 Å². The van der Waals surface area contributed by atoms with Gasteiger partial charge < -0.3 is 4.31 Å². The van der Waals surface area contributed by atoms with Crippen molar-refractivity contribution in [2.24, 2.45) is 0 Å². The Morgan fingerprint density at radius 2 is 1.00 bits per heavy atom. The molecule has 0 N–H and O–H groups in total. The zero-order chi connectivity index (χ0) is 10.9. The zero-order valence-electron chi connectivity index (χ0n) is 6.57. The van der Waals surface area contributed by atoms with E-state index < -0.39 is 28.1 Å². The molecule has 0 amide bonds.